The van der Waals surface area contributed by atoms with Crippen molar-refractivity contribution in [2.24, 2.45) is 5.73 Å². The number of pyridine rings is 4. The van der Waals surface area contributed by atoms with E-state index in [1.165, 1.54) is 5.56 Å². The molecule has 7 N–H and O–H groups in total. The van der Waals surface area contributed by atoms with Crippen LogP contribution in [-0.4, -0.2) is 82.2 Å². The van der Waals surface area contributed by atoms with Crippen molar-refractivity contribution in [3.8, 4) is 11.5 Å². The van der Waals surface area contributed by atoms with Gasteiger partial charge in [0.15, 0.2) is 0 Å². The van der Waals surface area contributed by atoms with Gasteiger partial charge in [0.25, 0.3) is 0 Å². The first kappa shape index (κ1) is 39.4. The minimum absolute atomic E-state index is 0.293. The number of nitrogens with zero attached hydrogens (tertiary/aromatic N) is 6. The van der Waals surface area contributed by atoms with Gasteiger partial charge in [-0.15, -0.1) is 0 Å². The summed E-state index contributed by atoms with van der Waals surface area (Å²) in [7, 11) is 4.29. The molecule has 13 heteroatoms. The van der Waals surface area contributed by atoms with Crippen LogP contribution in [0.5, 0.6) is 11.5 Å². The van der Waals surface area contributed by atoms with Crippen LogP contribution in [0, 0.1) is 0 Å². The Morgan fingerprint density at radius 3 is 1.65 bits per heavy atom. The van der Waals surface area contributed by atoms with Gasteiger partial charge in [0, 0.05) is 62.4 Å². The van der Waals surface area contributed by atoms with E-state index in [2.05, 4.69) is 61.3 Å². The van der Waals surface area contributed by atoms with Crippen molar-refractivity contribution in [2.75, 3.05) is 57.1 Å². The number of ether oxygens (including phenoxy) is 2. The minimum Gasteiger partial charge on any atom is -0.489 e. The number of likely N-dealkylation sites (tertiary alicyclic amines) is 2. The molecule has 0 atom stereocenters. The lowest BCUT2D eigenvalue weighted by molar-refractivity contribution is 0.114. The van der Waals surface area contributed by atoms with Gasteiger partial charge >= 0.3 is 0 Å². The van der Waals surface area contributed by atoms with Crippen molar-refractivity contribution in [3.63, 3.8) is 0 Å². The Kier molecular flexibility index (Phi) is 13.9. The van der Waals surface area contributed by atoms with Gasteiger partial charge in [-0.3, -0.25) is 0 Å². The van der Waals surface area contributed by atoms with Gasteiger partial charge in [0.2, 0.25) is 0 Å². The Morgan fingerprint density at radius 1 is 0.655 bits per heavy atom. The molecule has 6 heterocycles. The van der Waals surface area contributed by atoms with E-state index in [1.54, 1.807) is 30.9 Å². The standard InChI is InChI=1S/C21H25N5O.C11H15ClN2O.C10H11N3/c1-26-10-7-17(8-11-26)27-18-3-5-20(25-14-18)24-13-15-2-4-19-16(12-15)6-9-23-21(19)22;1-14-6-4-9(5-7-14)15-10-2-3-11(12)13-8-10;11-6-7-1-2-9-8(5-7)3-4-13-10(9)12/h2-6,9,12,14,17H,7-8,10-11,13H2,1H3,(H2,22,23)(H,24,25);2-3,8-9H,4-7H2,1H3;1-5H,6,11H2,(H2,12,13). The van der Waals surface area contributed by atoms with Gasteiger partial charge in [-0.1, -0.05) is 35.9 Å². The van der Waals surface area contributed by atoms with Gasteiger partial charge < -0.3 is 41.8 Å². The summed E-state index contributed by atoms with van der Waals surface area (Å²) in [6.45, 7) is 5.63. The lowest BCUT2D eigenvalue weighted by Crippen LogP contribution is -2.35. The number of halogens is 1. The molecule has 12 nitrogen and oxygen atoms in total. The zero-order valence-corrected chi connectivity index (χ0v) is 32.3. The van der Waals surface area contributed by atoms with Gasteiger partial charge in [0.05, 0.1) is 12.4 Å². The molecule has 288 valence electrons. The molecule has 2 fully saturated rings. The number of rotatable bonds is 8. The predicted molar refractivity (Wildman–Crippen MR) is 223 cm³/mol. The summed E-state index contributed by atoms with van der Waals surface area (Å²) >= 11 is 5.70. The third kappa shape index (κ3) is 11.6. The third-order valence-electron chi connectivity index (χ3n) is 9.80. The average molecular weight is 763 g/mol. The Balaban J connectivity index is 0.000000155. The van der Waals surface area contributed by atoms with E-state index in [1.807, 2.05) is 54.6 Å². The topological polar surface area (TPSA) is 167 Å². The minimum atomic E-state index is 0.293. The van der Waals surface area contributed by atoms with Crippen LogP contribution < -0.4 is 32.0 Å². The molecule has 2 saturated heterocycles. The van der Waals surface area contributed by atoms with Gasteiger partial charge in [-0.2, -0.15) is 0 Å². The van der Waals surface area contributed by atoms with Crippen molar-refractivity contribution in [3.05, 3.63) is 114 Å². The van der Waals surface area contributed by atoms with Crippen molar-refractivity contribution in [1.82, 2.24) is 29.7 Å². The lowest BCUT2D eigenvalue weighted by Gasteiger charge is -2.29. The summed E-state index contributed by atoms with van der Waals surface area (Å²) in [5.41, 5.74) is 19.4. The molecule has 2 aromatic carbocycles. The number of nitrogens with one attached hydrogen (secondary N) is 1. The molecule has 4 aromatic heterocycles. The number of nitrogen functional groups attached to an aromatic ring is 2. The van der Waals surface area contributed by atoms with Crippen LogP contribution in [0.3, 0.4) is 0 Å². The first-order valence-corrected chi connectivity index (χ1v) is 19.1. The summed E-state index contributed by atoms with van der Waals surface area (Å²) in [4.78, 5) is 21.3. The maximum absolute atomic E-state index is 6.05. The highest BCUT2D eigenvalue weighted by molar-refractivity contribution is 6.29. The highest BCUT2D eigenvalue weighted by atomic mass is 35.5. The molecule has 0 amide bonds. The molecule has 2 aliphatic heterocycles. The fourth-order valence-electron chi connectivity index (χ4n) is 6.51. The van der Waals surface area contributed by atoms with Crippen molar-refractivity contribution < 1.29 is 9.47 Å². The fraction of sp³-hybridized carbons (Fsp3) is 0.333. The molecule has 0 bridgehead atoms. The van der Waals surface area contributed by atoms with Crippen molar-refractivity contribution >= 4 is 50.6 Å². The van der Waals surface area contributed by atoms with E-state index in [9.17, 15) is 0 Å². The van der Waals surface area contributed by atoms with Gasteiger partial charge in [-0.25, -0.2) is 19.9 Å². The fourth-order valence-corrected chi connectivity index (χ4v) is 6.62. The number of aromatic nitrogens is 4. The molecule has 6 aromatic rings. The average Bonchev–Trinajstić information content (AvgIpc) is 3.21. The number of hydrogen-bond acceptors (Lipinski definition) is 12. The molecule has 55 heavy (non-hydrogen) atoms. The Morgan fingerprint density at radius 2 is 1.16 bits per heavy atom. The second kappa shape index (κ2) is 19.4. The molecule has 0 aliphatic carbocycles. The zero-order chi connectivity index (χ0) is 38.6. The predicted octanol–water partition coefficient (Wildman–Crippen LogP) is 6.78. The highest BCUT2D eigenvalue weighted by Gasteiger charge is 2.19. The van der Waals surface area contributed by atoms with E-state index < -0.39 is 0 Å². The van der Waals surface area contributed by atoms with Gasteiger partial charge in [-0.05, 0) is 110 Å². The molecule has 0 saturated carbocycles. The van der Waals surface area contributed by atoms with E-state index in [-0.39, 0.29) is 0 Å². The number of hydrogen-bond donors (Lipinski definition) is 4. The first-order valence-electron chi connectivity index (χ1n) is 18.7. The van der Waals surface area contributed by atoms with E-state index in [4.69, 9.17) is 38.3 Å². The maximum Gasteiger partial charge on any atom is 0.138 e. The lowest BCUT2D eigenvalue weighted by atomic mass is 10.1. The number of benzene rings is 2. The number of anilines is 3. The Bertz CT molecular complexity index is 2100. The molecule has 0 radical (unpaired) electrons. The van der Waals surface area contributed by atoms with E-state index >= 15 is 0 Å². The SMILES string of the molecule is CN1CCC(Oc2ccc(Cl)nc2)CC1.CN1CCC(Oc2ccc(NCc3ccc4c(N)nccc4c3)nc2)CC1.NCc1ccc2c(N)nccc2c1. The van der Waals surface area contributed by atoms with Crippen molar-refractivity contribution in [2.45, 2.75) is 51.0 Å². The number of piperidine rings is 2. The molecular weight excluding hydrogens is 712 g/mol. The van der Waals surface area contributed by atoms with Crippen LogP contribution in [0.15, 0.2) is 97.6 Å². The molecule has 8 rings (SSSR count). The van der Waals surface area contributed by atoms with Gasteiger partial charge in [0.1, 0.15) is 46.3 Å². The largest absolute Gasteiger partial charge is 0.489 e. The third-order valence-corrected chi connectivity index (χ3v) is 10.0. The molecule has 2 aliphatic rings. The van der Waals surface area contributed by atoms with Crippen LogP contribution in [0.1, 0.15) is 36.8 Å². The van der Waals surface area contributed by atoms with Crippen LogP contribution in [0.25, 0.3) is 21.5 Å². The number of nitrogens with two attached hydrogens (primary N) is 3. The van der Waals surface area contributed by atoms with E-state index in [0.717, 1.165) is 96.3 Å². The summed E-state index contributed by atoms with van der Waals surface area (Å²) in [5.74, 6) is 3.62. The monoisotopic (exact) mass is 762 g/mol. The summed E-state index contributed by atoms with van der Waals surface area (Å²) in [6, 6.07) is 23.7. The second-order valence-electron chi connectivity index (χ2n) is 14.0. The molecular formula is C42H51ClN10O2. The second-order valence-corrected chi connectivity index (χ2v) is 14.4. The van der Waals surface area contributed by atoms with Crippen LogP contribution >= 0.6 is 11.6 Å². The van der Waals surface area contributed by atoms with E-state index in [0.29, 0.717) is 42.1 Å². The summed E-state index contributed by atoms with van der Waals surface area (Å²) < 4.78 is 11.9. The maximum atomic E-state index is 6.05. The quantitative estimate of drug-likeness (QED) is 0.120. The molecule has 0 spiro atoms. The van der Waals surface area contributed by atoms with Crippen molar-refractivity contribution in [1.29, 1.82) is 0 Å². The molecule has 0 unspecified atom stereocenters. The van der Waals surface area contributed by atoms with Crippen LogP contribution in [0.2, 0.25) is 5.15 Å². The summed E-state index contributed by atoms with van der Waals surface area (Å²) in [6.07, 6.45) is 11.8. The zero-order valence-electron chi connectivity index (χ0n) is 31.6. The summed E-state index contributed by atoms with van der Waals surface area (Å²) in [5, 5.41) is 8.02. The Labute approximate surface area is 328 Å². The number of fused-ring (bicyclic) bond motifs is 2. The normalized spacial score (nSPS) is 15.4. The first-order chi connectivity index (χ1) is 26.7. The smallest absolute Gasteiger partial charge is 0.138 e. The Hall–Kier alpha value is -5.27. The van der Waals surface area contributed by atoms with Crippen LogP contribution in [-0.2, 0) is 13.1 Å². The van der Waals surface area contributed by atoms with Crippen LogP contribution in [0.4, 0.5) is 17.5 Å². The highest BCUT2D eigenvalue weighted by Crippen LogP contribution is 2.23.